The minimum absolute atomic E-state index is 0.116. The number of ether oxygens (including phenoxy) is 2. The number of hydrogen-bond donors (Lipinski definition) is 2. The van der Waals surface area contributed by atoms with E-state index in [0.717, 1.165) is 29.4 Å². The lowest BCUT2D eigenvalue weighted by molar-refractivity contribution is 0.232. The lowest BCUT2D eigenvalue weighted by Crippen LogP contribution is -2.36. The van der Waals surface area contributed by atoms with E-state index in [4.69, 9.17) is 9.47 Å². The molecule has 1 aromatic heterocycles. The highest BCUT2D eigenvalue weighted by atomic mass is 16.5. The molecule has 27 heavy (non-hydrogen) atoms. The van der Waals surface area contributed by atoms with Gasteiger partial charge in [0, 0.05) is 30.9 Å². The molecule has 0 aliphatic carbocycles. The molecule has 0 saturated carbocycles. The van der Waals surface area contributed by atoms with Gasteiger partial charge < -0.3 is 20.1 Å². The molecule has 0 fully saturated rings. The lowest BCUT2D eigenvalue weighted by Gasteiger charge is -2.14. The third-order valence-corrected chi connectivity index (χ3v) is 3.64. The fourth-order valence-electron chi connectivity index (χ4n) is 2.45. The summed E-state index contributed by atoms with van der Waals surface area (Å²) in [6.45, 7) is 10.6. The van der Waals surface area contributed by atoms with Crippen LogP contribution in [0.4, 0.5) is 0 Å². The van der Waals surface area contributed by atoms with Crippen LogP contribution in [0.5, 0.6) is 11.6 Å². The molecule has 6 nitrogen and oxygen atoms in total. The van der Waals surface area contributed by atoms with Gasteiger partial charge in [-0.1, -0.05) is 24.3 Å². The summed E-state index contributed by atoms with van der Waals surface area (Å²) in [6, 6.07) is 11.9. The first-order valence-electron chi connectivity index (χ1n) is 9.46. The molecule has 0 bridgehead atoms. The molecule has 2 rings (SSSR count). The van der Waals surface area contributed by atoms with Gasteiger partial charge in [-0.3, -0.25) is 0 Å². The number of pyridine rings is 1. The van der Waals surface area contributed by atoms with Gasteiger partial charge in [0.25, 0.3) is 0 Å². The van der Waals surface area contributed by atoms with Crippen LogP contribution in [0.25, 0.3) is 0 Å². The van der Waals surface area contributed by atoms with Crippen molar-refractivity contribution in [2.24, 2.45) is 4.99 Å². The molecule has 0 unspecified atom stereocenters. The van der Waals surface area contributed by atoms with Crippen LogP contribution in [-0.4, -0.2) is 30.2 Å². The average molecular weight is 370 g/mol. The molecule has 0 spiro atoms. The van der Waals surface area contributed by atoms with Crippen LogP contribution in [-0.2, 0) is 13.1 Å². The summed E-state index contributed by atoms with van der Waals surface area (Å²) in [6.07, 6.45) is 1.92. The Morgan fingerprint density at radius 1 is 1.11 bits per heavy atom. The maximum absolute atomic E-state index is 5.68. The normalized spacial score (nSPS) is 11.4. The van der Waals surface area contributed by atoms with Crippen molar-refractivity contribution in [2.75, 3.05) is 13.2 Å². The second-order valence-electron chi connectivity index (χ2n) is 6.26. The van der Waals surface area contributed by atoms with Crippen molar-refractivity contribution in [1.82, 2.24) is 15.6 Å². The van der Waals surface area contributed by atoms with E-state index in [2.05, 4.69) is 26.7 Å². The van der Waals surface area contributed by atoms with Crippen LogP contribution in [0.2, 0.25) is 0 Å². The molecule has 0 saturated heterocycles. The van der Waals surface area contributed by atoms with Crippen molar-refractivity contribution in [3.05, 3.63) is 53.7 Å². The number of aliphatic imine (C=N–C) groups is 1. The molecule has 6 heteroatoms. The van der Waals surface area contributed by atoms with Gasteiger partial charge in [0.15, 0.2) is 5.96 Å². The van der Waals surface area contributed by atoms with Crippen LogP contribution in [0.1, 0.15) is 38.8 Å². The predicted molar refractivity (Wildman–Crippen MR) is 109 cm³/mol. The summed E-state index contributed by atoms with van der Waals surface area (Å²) in [4.78, 5) is 8.96. The molecule has 1 heterocycles. The van der Waals surface area contributed by atoms with Crippen LogP contribution >= 0.6 is 0 Å². The molecule has 2 N–H and O–H groups in total. The summed E-state index contributed by atoms with van der Waals surface area (Å²) in [5.74, 6) is 2.29. The third-order valence-electron chi connectivity index (χ3n) is 3.64. The fourth-order valence-corrected chi connectivity index (χ4v) is 2.45. The van der Waals surface area contributed by atoms with Gasteiger partial charge in [0.05, 0.1) is 19.3 Å². The second kappa shape index (κ2) is 11.1. The highest BCUT2D eigenvalue weighted by molar-refractivity contribution is 5.79. The van der Waals surface area contributed by atoms with Crippen molar-refractivity contribution >= 4 is 5.96 Å². The van der Waals surface area contributed by atoms with Crippen molar-refractivity contribution in [2.45, 2.75) is 46.9 Å². The first-order valence-corrected chi connectivity index (χ1v) is 9.46. The van der Waals surface area contributed by atoms with Gasteiger partial charge >= 0.3 is 0 Å². The van der Waals surface area contributed by atoms with E-state index in [1.807, 2.05) is 58.0 Å². The zero-order valence-electron chi connectivity index (χ0n) is 16.7. The Morgan fingerprint density at radius 2 is 1.93 bits per heavy atom. The largest absolute Gasteiger partial charge is 0.494 e. The summed E-state index contributed by atoms with van der Waals surface area (Å²) in [5, 5.41) is 6.62. The van der Waals surface area contributed by atoms with Crippen LogP contribution in [0.3, 0.4) is 0 Å². The first-order chi connectivity index (χ1) is 13.1. The Bertz CT molecular complexity index is 714. The Kier molecular flexibility index (Phi) is 8.42. The average Bonchev–Trinajstić information content (AvgIpc) is 2.66. The SMILES string of the molecule is CCNC(=NCc1ccc(OC(C)C)nc1)NCc1ccccc1OCC. The van der Waals surface area contributed by atoms with E-state index in [1.54, 1.807) is 6.20 Å². The molecule has 146 valence electrons. The smallest absolute Gasteiger partial charge is 0.213 e. The quantitative estimate of drug-likeness (QED) is 0.522. The topological polar surface area (TPSA) is 67.8 Å². The van der Waals surface area contributed by atoms with Crippen LogP contribution in [0.15, 0.2) is 47.6 Å². The predicted octanol–water partition coefficient (Wildman–Crippen LogP) is 3.52. The van der Waals surface area contributed by atoms with Crippen molar-refractivity contribution in [3.63, 3.8) is 0 Å². The number of nitrogens with one attached hydrogen (secondary N) is 2. The van der Waals surface area contributed by atoms with Crippen molar-refractivity contribution < 1.29 is 9.47 Å². The number of nitrogens with zero attached hydrogens (tertiary/aromatic N) is 2. The highest BCUT2D eigenvalue weighted by Crippen LogP contribution is 2.17. The van der Waals surface area contributed by atoms with Gasteiger partial charge in [-0.05, 0) is 39.3 Å². The highest BCUT2D eigenvalue weighted by Gasteiger charge is 2.04. The van der Waals surface area contributed by atoms with E-state index in [0.29, 0.717) is 25.6 Å². The Balaban J connectivity index is 1.98. The molecule has 0 aliphatic rings. The minimum Gasteiger partial charge on any atom is -0.494 e. The van der Waals surface area contributed by atoms with E-state index in [9.17, 15) is 0 Å². The molecule has 0 amide bonds. The Labute approximate surface area is 162 Å². The van der Waals surface area contributed by atoms with Gasteiger partial charge in [-0.2, -0.15) is 0 Å². The van der Waals surface area contributed by atoms with Crippen molar-refractivity contribution in [1.29, 1.82) is 0 Å². The summed E-state index contributed by atoms with van der Waals surface area (Å²) >= 11 is 0. The number of para-hydroxylation sites is 1. The first kappa shape index (κ1) is 20.6. The fraction of sp³-hybridized carbons (Fsp3) is 0.429. The van der Waals surface area contributed by atoms with E-state index in [1.165, 1.54) is 0 Å². The summed E-state index contributed by atoms with van der Waals surface area (Å²) in [7, 11) is 0. The monoisotopic (exact) mass is 370 g/mol. The molecule has 1 aromatic carbocycles. The maximum atomic E-state index is 5.68. The summed E-state index contributed by atoms with van der Waals surface area (Å²) < 4.78 is 11.2. The van der Waals surface area contributed by atoms with Crippen LogP contribution < -0.4 is 20.1 Å². The van der Waals surface area contributed by atoms with Crippen molar-refractivity contribution in [3.8, 4) is 11.6 Å². The lowest BCUT2D eigenvalue weighted by atomic mass is 10.2. The number of rotatable bonds is 9. The number of benzene rings is 1. The molecule has 0 atom stereocenters. The van der Waals surface area contributed by atoms with Gasteiger partial charge in [0.1, 0.15) is 5.75 Å². The van der Waals surface area contributed by atoms with Gasteiger partial charge in [-0.25, -0.2) is 9.98 Å². The van der Waals surface area contributed by atoms with E-state index in [-0.39, 0.29) is 6.10 Å². The van der Waals surface area contributed by atoms with Gasteiger partial charge in [-0.15, -0.1) is 0 Å². The second-order valence-corrected chi connectivity index (χ2v) is 6.26. The summed E-state index contributed by atoms with van der Waals surface area (Å²) in [5.41, 5.74) is 2.12. The number of aromatic nitrogens is 1. The standard InChI is InChI=1S/C21H30N4O2/c1-5-22-21(25-15-18-9-7-8-10-19(18)26-6-2)24-14-17-11-12-20(23-13-17)27-16(3)4/h7-13,16H,5-6,14-15H2,1-4H3,(H2,22,24,25). The zero-order chi connectivity index (χ0) is 19.5. The Hall–Kier alpha value is -2.76. The molecule has 0 aliphatic heterocycles. The third kappa shape index (κ3) is 7.17. The number of guanidine groups is 1. The molecule has 2 aromatic rings. The molecular weight excluding hydrogens is 340 g/mol. The number of hydrogen-bond acceptors (Lipinski definition) is 4. The van der Waals surface area contributed by atoms with E-state index < -0.39 is 0 Å². The minimum atomic E-state index is 0.116. The van der Waals surface area contributed by atoms with Crippen LogP contribution in [0, 0.1) is 0 Å². The molecule has 0 radical (unpaired) electrons. The Morgan fingerprint density at radius 3 is 2.59 bits per heavy atom. The van der Waals surface area contributed by atoms with Gasteiger partial charge in [0.2, 0.25) is 5.88 Å². The maximum Gasteiger partial charge on any atom is 0.213 e. The zero-order valence-corrected chi connectivity index (χ0v) is 16.7. The molecular formula is C21H30N4O2. The van der Waals surface area contributed by atoms with E-state index >= 15 is 0 Å².